The van der Waals surface area contributed by atoms with Crippen LogP contribution in [-0.2, 0) is 7.05 Å². The molecular weight excluding hydrogens is 332 g/mol. The third kappa shape index (κ3) is 2.88. The van der Waals surface area contributed by atoms with E-state index in [1.165, 1.54) is 18.2 Å². The van der Waals surface area contributed by atoms with Crippen LogP contribution in [0.3, 0.4) is 0 Å². The Morgan fingerprint density at radius 1 is 1.28 bits per heavy atom. The standard InChI is InChI=1S/C17H17F2N3O3/c1-21-8-2-4-12(21)13-5-3-9-22(13)16(23)20-11-6-7-14-15(10-11)25-17(18,19)24-14/h2,4,6-8,10,13H,3,5,9H2,1H3,(H,20,23)/t13-/m1/s1. The molecule has 0 radical (unpaired) electrons. The van der Waals surface area contributed by atoms with Crippen LogP contribution in [0, 0.1) is 0 Å². The van der Waals surface area contributed by atoms with Crippen LogP contribution in [0.5, 0.6) is 11.5 Å². The van der Waals surface area contributed by atoms with Crippen molar-refractivity contribution in [3.8, 4) is 11.5 Å². The lowest BCUT2D eigenvalue weighted by Crippen LogP contribution is -2.35. The van der Waals surface area contributed by atoms with E-state index in [9.17, 15) is 13.6 Å². The van der Waals surface area contributed by atoms with Crippen molar-refractivity contribution in [2.75, 3.05) is 11.9 Å². The van der Waals surface area contributed by atoms with Crippen molar-refractivity contribution in [3.63, 3.8) is 0 Å². The van der Waals surface area contributed by atoms with E-state index in [0.29, 0.717) is 12.2 Å². The van der Waals surface area contributed by atoms with Crippen molar-refractivity contribution in [3.05, 3.63) is 42.2 Å². The van der Waals surface area contributed by atoms with E-state index in [1.54, 1.807) is 4.90 Å². The number of nitrogens with zero attached hydrogens (tertiary/aromatic N) is 2. The van der Waals surface area contributed by atoms with Crippen molar-refractivity contribution in [1.29, 1.82) is 0 Å². The molecule has 0 spiro atoms. The Kier molecular flexibility index (Phi) is 3.55. The molecule has 1 fully saturated rings. The molecule has 1 saturated heterocycles. The molecule has 0 unspecified atom stereocenters. The summed E-state index contributed by atoms with van der Waals surface area (Å²) in [5.41, 5.74) is 1.44. The summed E-state index contributed by atoms with van der Waals surface area (Å²) < 4.78 is 36.9. The number of fused-ring (bicyclic) bond motifs is 1. The summed E-state index contributed by atoms with van der Waals surface area (Å²) in [7, 11) is 1.95. The van der Waals surface area contributed by atoms with Gasteiger partial charge in [0.25, 0.3) is 0 Å². The zero-order valence-corrected chi connectivity index (χ0v) is 13.5. The number of halogens is 2. The van der Waals surface area contributed by atoms with E-state index in [4.69, 9.17) is 0 Å². The van der Waals surface area contributed by atoms with Gasteiger partial charge in [0.05, 0.1) is 6.04 Å². The number of nitrogens with one attached hydrogen (secondary N) is 1. The molecule has 1 N–H and O–H groups in total. The van der Waals surface area contributed by atoms with Crippen LogP contribution in [0.15, 0.2) is 36.5 Å². The maximum atomic E-state index is 13.1. The van der Waals surface area contributed by atoms with E-state index < -0.39 is 6.29 Å². The number of anilines is 1. The lowest BCUT2D eigenvalue weighted by molar-refractivity contribution is -0.286. The molecular formula is C17H17F2N3O3. The Labute approximate surface area is 142 Å². The van der Waals surface area contributed by atoms with Crippen LogP contribution in [0.25, 0.3) is 0 Å². The summed E-state index contributed by atoms with van der Waals surface area (Å²) in [6.07, 6.45) is 0.0779. The van der Waals surface area contributed by atoms with Gasteiger partial charge in [0.15, 0.2) is 11.5 Å². The number of amides is 2. The van der Waals surface area contributed by atoms with Crippen molar-refractivity contribution >= 4 is 11.7 Å². The molecule has 2 aliphatic heterocycles. The van der Waals surface area contributed by atoms with Crippen LogP contribution in [-0.4, -0.2) is 28.3 Å². The Hall–Kier alpha value is -2.77. The number of carbonyl (C=O) groups excluding carboxylic acids is 1. The van der Waals surface area contributed by atoms with Gasteiger partial charge in [0, 0.05) is 37.2 Å². The average Bonchev–Trinajstić information content (AvgIpc) is 3.23. The average molecular weight is 349 g/mol. The second-order valence-corrected chi connectivity index (χ2v) is 6.15. The molecule has 25 heavy (non-hydrogen) atoms. The minimum atomic E-state index is -3.67. The topological polar surface area (TPSA) is 55.7 Å². The van der Waals surface area contributed by atoms with Crippen LogP contribution < -0.4 is 14.8 Å². The van der Waals surface area contributed by atoms with E-state index in [2.05, 4.69) is 14.8 Å². The molecule has 4 rings (SSSR count). The highest BCUT2D eigenvalue weighted by atomic mass is 19.3. The van der Waals surface area contributed by atoms with Gasteiger partial charge in [-0.2, -0.15) is 0 Å². The first-order valence-corrected chi connectivity index (χ1v) is 8.02. The minimum Gasteiger partial charge on any atom is -0.395 e. The van der Waals surface area contributed by atoms with Gasteiger partial charge >= 0.3 is 12.3 Å². The predicted octanol–water partition coefficient (Wildman–Crippen LogP) is 3.72. The second kappa shape index (κ2) is 5.65. The number of urea groups is 1. The van der Waals surface area contributed by atoms with Gasteiger partial charge in [0.2, 0.25) is 0 Å². The van der Waals surface area contributed by atoms with E-state index in [0.717, 1.165) is 18.5 Å². The van der Waals surface area contributed by atoms with Crippen LogP contribution in [0.2, 0.25) is 0 Å². The zero-order chi connectivity index (χ0) is 17.6. The molecule has 1 atom stereocenters. The monoisotopic (exact) mass is 349 g/mol. The molecule has 0 bridgehead atoms. The van der Waals surface area contributed by atoms with Gasteiger partial charge in [0.1, 0.15) is 0 Å². The molecule has 3 heterocycles. The minimum absolute atomic E-state index is 0.00153. The lowest BCUT2D eigenvalue weighted by Gasteiger charge is -2.25. The number of likely N-dealkylation sites (tertiary alicyclic amines) is 1. The highest BCUT2D eigenvalue weighted by Crippen LogP contribution is 2.42. The number of aryl methyl sites for hydroxylation is 1. The number of hydrogen-bond donors (Lipinski definition) is 1. The number of benzene rings is 1. The Balaban J connectivity index is 1.50. The maximum Gasteiger partial charge on any atom is 0.586 e. The van der Waals surface area contributed by atoms with E-state index in [-0.39, 0.29) is 23.6 Å². The van der Waals surface area contributed by atoms with Crippen LogP contribution in [0.1, 0.15) is 24.6 Å². The zero-order valence-electron chi connectivity index (χ0n) is 13.5. The number of alkyl halides is 2. The van der Waals surface area contributed by atoms with Gasteiger partial charge in [-0.1, -0.05) is 0 Å². The van der Waals surface area contributed by atoms with Gasteiger partial charge < -0.3 is 24.3 Å². The molecule has 1 aromatic carbocycles. The van der Waals surface area contributed by atoms with Gasteiger partial charge in [-0.15, -0.1) is 8.78 Å². The fourth-order valence-electron chi connectivity index (χ4n) is 3.36. The second-order valence-electron chi connectivity index (χ2n) is 6.15. The van der Waals surface area contributed by atoms with E-state index in [1.807, 2.05) is 29.9 Å². The first-order chi connectivity index (χ1) is 11.9. The first-order valence-electron chi connectivity index (χ1n) is 8.02. The fraction of sp³-hybridized carbons (Fsp3) is 0.353. The number of rotatable bonds is 2. The first kappa shape index (κ1) is 15.7. The molecule has 8 heteroatoms. The number of carbonyl (C=O) groups is 1. The van der Waals surface area contributed by atoms with Gasteiger partial charge in [-0.25, -0.2) is 4.79 Å². The normalized spacial score (nSPS) is 20.8. The van der Waals surface area contributed by atoms with Crippen molar-refractivity contribution in [1.82, 2.24) is 9.47 Å². The van der Waals surface area contributed by atoms with Gasteiger partial charge in [-0.3, -0.25) is 0 Å². The highest BCUT2D eigenvalue weighted by Gasteiger charge is 2.43. The summed E-state index contributed by atoms with van der Waals surface area (Å²) in [6, 6.07) is 7.87. The third-order valence-electron chi connectivity index (χ3n) is 4.49. The van der Waals surface area contributed by atoms with E-state index >= 15 is 0 Å². The SMILES string of the molecule is Cn1cccc1[C@H]1CCCN1C(=O)Nc1ccc2c(c1)OC(F)(F)O2. The molecule has 0 saturated carbocycles. The van der Waals surface area contributed by atoms with Crippen molar-refractivity contribution in [2.45, 2.75) is 25.2 Å². The Bertz CT molecular complexity index is 821. The molecule has 6 nitrogen and oxygen atoms in total. The smallest absolute Gasteiger partial charge is 0.395 e. The quantitative estimate of drug-likeness (QED) is 0.899. The van der Waals surface area contributed by atoms with Crippen LogP contribution in [0.4, 0.5) is 19.3 Å². The van der Waals surface area contributed by atoms with Crippen molar-refractivity contribution < 1.29 is 23.0 Å². The summed E-state index contributed by atoms with van der Waals surface area (Å²) >= 11 is 0. The molecule has 132 valence electrons. The number of ether oxygens (including phenoxy) is 2. The summed E-state index contributed by atoms with van der Waals surface area (Å²) in [5, 5.41) is 2.75. The Morgan fingerprint density at radius 3 is 2.84 bits per heavy atom. The molecule has 0 aliphatic carbocycles. The molecule has 2 amide bonds. The number of hydrogen-bond acceptors (Lipinski definition) is 3. The molecule has 2 aromatic rings. The van der Waals surface area contributed by atoms with Crippen molar-refractivity contribution in [2.24, 2.45) is 7.05 Å². The summed E-state index contributed by atoms with van der Waals surface area (Å²) in [4.78, 5) is 14.4. The number of aromatic nitrogens is 1. The van der Waals surface area contributed by atoms with Gasteiger partial charge in [-0.05, 0) is 37.1 Å². The maximum absolute atomic E-state index is 13.1. The summed E-state index contributed by atoms with van der Waals surface area (Å²) in [6.45, 7) is 0.643. The third-order valence-corrected chi connectivity index (χ3v) is 4.49. The molecule has 2 aliphatic rings. The molecule has 1 aromatic heterocycles. The Morgan fingerprint density at radius 2 is 2.08 bits per heavy atom. The van der Waals surface area contributed by atoms with Crippen LogP contribution >= 0.6 is 0 Å². The largest absolute Gasteiger partial charge is 0.586 e. The lowest BCUT2D eigenvalue weighted by atomic mass is 10.1. The predicted molar refractivity (Wildman–Crippen MR) is 85.8 cm³/mol. The highest BCUT2D eigenvalue weighted by molar-refractivity contribution is 5.90. The fourth-order valence-corrected chi connectivity index (χ4v) is 3.36. The summed E-state index contributed by atoms with van der Waals surface area (Å²) in [5.74, 6) is -0.144.